The molecule has 1 atom stereocenters. The number of nitrogens with zero attached hydrogens (tertiary/aromatic N) is 2. The molecule has 1 aliphatic heterocycles. The van der Waals surface area contributed by atoms with Crippen molar-refractivity contribution >= 4 is 32.8 Å². The molecule has 0 N–H and O–H groups in total. The predicted molar refractivity (Wildman–Crippen MR) is 112 cm³/mol. The Morgan fingerprint density at radius 1 is 1.14 bits per heavy atom. The SMILES string of the molecule is CC1Cc2ccccc2N1C(=O)CS(=O)(=O)Cc1csc(-c2ccccc2)n1. The highest BCUT2D eigenvalue weighted by Crippen LogP contribution is 2.32. The third kappa shape index (κ3) is 3.86. The van der Waals surface area contributed by atoms with E-state index < -0.39 is 15.6 Å². The maximum absolute atomic E-state index is 12.8. The van der Waals surface area contributed by atoms with Crippen LogP contribution in [0.15, 0.2) is 60.0 Å². The number of hydrogen-bond acceptors (Lipinski definition) is 5. The molecule has 2 aromatic carbocycles. The molecule has 144 valence electrons. The fraction of sp³-hybridized carbons (Fsp3) is 0.238. The zero-order valence-corrected chi connectivity index (χ0v) is 17.0. The summed E-state index contributed by atoms with van der Waals surface area (Å²) in [7, 11) is -3.61. The van der Waals surface area contributed by atoms with Crippen LogP contribution in [0.2, 0.25) is 0 Å². The van der Waals surface area contributed by atoms with Gasteiger partial charge in [0.25, 0.3) is 0 Å². The first-order valence-electron chi connectivity index (χ1n) is 9.03. The van der Waals surface area contributed by atoms with Crippen molar-refractivity contribution in [2.45, 2.75) is 25.1 Å². The first-order valence-corrected chi connectivity index (χ1v) is 11.7. The Balaban J connectivity index is 1.48. The molecular weight excluding hydrogens is 392 g/mol. The number of anilines is 1. The second-order valence-electron chi connectivity index (χ2n) is 6.99. The lowest BCUT2D eigenvalue weighted by Crippen LogP contribution is -2.39. The first-order chi connectivity index (χ1) is 13.4. The number of carbonyl (C=O) groups is 1. The van der Waals surface area contributed by atoms with Crippen LogP contribution in [0.5, 0.6) is 0 Å². The third-order valence-electron chi connectivity index (χ3n) is 4.76. The lowest BCUT2D eigenvalue weighted by molar-refractivity contribution is -0.116. The number of amides is 1. The van der Waals surface area contributed by atoms with Crippen molar-refractivity contribution in [3.8, 4) is 10.6 Å². The number of benzene rings is 2. The second kappa shape index (κ2) is 7.48. The summed E-state index contributed by atoms with van der Waals surface area (Å²) in [5.74, 6) is -1.12. The van der Waals surface area contributed by atoms with Crippen molar-refractivity contribution in [2.24, 2.45) is 0 Å². The quantitative estimate of drug-likeness (QED) is 0.641. The Morgan fingerprint density at radius 2 is 1.86 bits per heavy atom. The molecule has 28 heavy (non-hydrogen) atoms. The Kier molecular flexibility index (Phi) is 5.03. The highest BCUT2D eigenvalue weighted by molar-refractivity contribution is 7.91. The van der Waals surface area contributed by atoms with Gasteiger partial charge < -0.3 is 4.90 Å². The number of sulfone groups is 1. The number of thiazole rings is 1. The van der Waals surface area contributed by atoms with Crippen LogP contribution in [0.1, 0.15) is 18.2 Å². The van der Waals surface area contributed by atoms with Crippen LogP contribution in [0, 0.1) is 0 Å². The Morgan fingerprint density at radius 3 is 2.64 bits per heavy atom. The molecule has 0 radical (unpaired) electrons. The van der Waals surface area contributed by atoms with Crippen LogP contribution in [0.4, 0.5) is 5.69 Å². The van der Waals surface area contributed by atoms with Crippen molar-refractivity contribution in [3.05, 3.63) is 71.2 Å². The predicted octanol–water partition coefficient (Wildman–Crippen LogP) is 3.70. The first kappa shape index (κ1) is 18.8. The molecule has 1 amide bonds. The molecule has 1 aliphatic rings. The van der Waals surface area contributed by atoms with Crippen LogP contribution >= 0.6 is 11.3 Å². The van der Waals surface area contributed by atoms with Crippen LogP contribution in [0.25, 0.3) is 10.6 Å². The molecule has 3 aromatic rings. The number of rotatable bonds is 5. The lowest BCUT2D eigenvalue weighted by atomic mass is 10.1. The van der Waals surface area contributed by atoms with E-state index in [4.69, 9.17) is 0 Å². The van der Waals surface area contributed by atoms with Gasteiger partial charge in [-0.2, -0.15) is 0 Å². The molecule has 1 unspecified atom stereocenters. The fourth-order valence-electron chi connectivity index (χ4n) is 3.57. The molecule has 0 bridgehead atoms. The highest BCUT2D eigenvalue weighted by Gasteiger charge is 2.33. The minimum Gasteiger partial charge on any atom is -0.308 e. The maximum Gasteiger partial charge on any atom is 0.242 e. The van der Waals surface area contributed by atoms with E-state index in [2.05, 4.69) is 4.98 Å². The van der Waals surface area contributed by atoms with Crippen molar-refractivity contribution in [1.29, 1.82) is 0 Å². The third-order valence-corrected chi connectivity index (χ3v) is 7.12. The van der Waals surface area contributed by atoms with Gasteiger partial charge in [-0.1, -0.05) is 48.5 Å². The Hall–Kier alpha value is -2.51. The van der Waals surface area contributed by atoms with E-state index in [9.17, 15) is 13.2 Å². The van der Waals surface area contributed by atoms with E-state index in [1.54, 1.807) is 10.3 Å². The molecule has 7 heteroatoms. The van der Waals surface area contributed by atoms with Gasteiger partial charge in [0.15, 0.2) is 9.84 Å². The number of carbonyl (C=O) groups excluding carboxylic acids is 1. The number of fused-ring (bicyclic) bond motifs is 1. The lowest BCUT2D eigenvalue weighted by Gasteiger charge is -2.22. The van der Waals surface area contributed by atoms with Gasteiger partial charge in [-0.15, -0.1) is 11.3 Å². The summed E-state index contributed by atoms with van der Waals surface area (Å²) in [5, 5.41) is 2.53. The number of aromatic nitrogens is 1. The molecule has 0 spiro atoms. The van der Waals surface area contributed by atoms with Gasteiger partial charge in [-0.25, -0.2) is 13.4 Å². The molecule has 0 aliphatic carbocycles. The second-order valence-corrected chi connectivity index (χ2v) is 9.91. The highest BCUT2D eigenvalue weighted by atomic mass is 32.2. The van der Waals surface area contributed by atoms with E-state index in [1.165, 1.54) is 11.3 Å². The summed E-state index contributed by atoms with van der Waals surface area (Å²) in [6, 6.07) is 17.2. The van der Waals surface area contributed by atoms with Crippen LogP contribution in [-0.4, -0.2) is 31.1 Å². The molecule has 2 heterocycles. The molecule has 0 saturated carbocycles. The van der Waals surface area contributed by atoms with Crippen LogP contribution in [-0.2, 0) is 26.8 Å². The average molecular weight is 413 g/mol. The zero-order chi connectivity index (χ0) is 19.7. The van der Waals surface area contributed by atoms with Gasteiger partial charge >= 0.3 is 0 Å². The summed E-state index contributed by atoms with van der Waals surface area (Å²) >= 11 is 1.41. The van der Waals surface area contributed by atoms with Gasteiger partial charge in [0.1, 0.15) is 10.8 Å². The summed E-state index contributed by atoms with van der Waals surface area (Å²) in [6.07, 6.45) is 0.745. The monoisotopic (exact) mass is 412 g/mol. The Bertz CT molecular complexity index is 1110. The molecule has 0 fully saturated rings. The standard InChI is InChI=1S/C21H20N2O3S2/c1-15-11-17-9-5-6-10-19(17)23(15)20(24)14-28(25,26)13-18-12-27-21(22-18)16-7-3-2-4-8-16/h2-10,12,15H,11,13-14H2,1H3. The smallest absolute Gasteiger partial charge is 0.242 e. The van der Waals surface area contributed by atoms with Gasteiger partial charge in [0.2, 0.25) is 5.91 Å². The van der Waals surface area contributed by atoms with Crippen LogP contribution < -0.4 is 4.90 Å². The number of para-hydroxylation sites is 1. The van der Waals surface area contributed by atoms with Gasteiger partial charge in [0.05, 0.1) is 11.4 Å². The van der Waals surface area contributed by atoms with Crippen molar-refractivity contribution in [3.63, 3.8) is 0 Å². The average Bonchev–Trinajstić information content (AvgIpc) is 3.24. The summed E-state index contributed by atoms with van der Waals surface area (Å²) in [4.78, 5) is 18.8. The molecule has 0 saturated heterocycles. The van der Waals surface area contributed by atoms with Gasteiger partial charge in [-0.05, 0) is 25.0 Å². The Labute approximate surface area is 168 Å². The molecule has 4 rings (SSSR count). The maximum atomic E-state index is 12.8. The molecule has 1 aromatic heterocycles. The van der Waals surface area contributed by atoms with E-state index in [0.717, 1.165) is 28.2 Å². The largest absolute Gasteiger partial charge is 0.308 e. The summed E-state index contributed by atoms with van der Waals surface area (Å²) < 4.78 is 25.3. The topological polar surface area (TPSA) is 67.3 Å². The van der Waals surface area contributed by atoms with E-state index in [1.807, 2.05) is 61.5 Å². The van der Waals surface area contributed by atoms with Crippen molar-refractivity contribution < 1.29 is 13.2 Å². The molecule has 5 nitrogen and oxygen atoms in total. The van der Waals surface area contributed by atoms with E-state index >= 15 is 0 Å². The summed E-state index contributed by atoms with van der Waals surface area (Å²) in [5.41, 5.74) is 3.32. The summed E-state index contributed by atoms with van der Waals surface area (Å²) in [6.45, 7) is 1.94. The van der Waals surface area contributed by atoms with E-state index in [0.29, 0.717) is 5.69 Å². The van der Waals surface area contributed by atoms with Crippen molar-refractivity contribution in [1.82, 2.24) is 4.98 Å². The minimum absolute atomic E-state index is 0.0379. The fourth-order valence-corrected chi connectivity index (χ4v) is 5.71. The van der Waals surface area contributed by atoms with E-state index in [-0.39, 0.29) is 17.7 Å². The molecular formula is C21H20N2O3S2. The zero-order valence-electron chi connectivity index (χ0n) is 15.4. The van der Waals surface area contributed by atoms with Gasteiger partial charge in [-0.3, -0.25) is 4.79 Å². The normalized spacial score (nSPS) is 16.2. The van der Waals surface area contributed by atoms with Crippen molar-refractivity contribution in [2.75, 3.05) is 10.7 Å². The minimum atomic E-state index is -3.61. The van der Waals surface area contributed by atoms with Gasteiger partial charge in [0, 0.05) is 22.7 Å². The number of hydrogen-bond donors (Lipinski definition) is 0. The van der Waals surface area contributed by atoms with Crippen LogP contribution in [0.3, 0.4) is 0 Å².